The predicted molar refractivity (Wildman–Crippen MR) is 79.6 cm³/mol. The molecule has 0 atom stereocenters. The van der Waals surface area contributed by atoms with E-state index in [0.29, 0.717) is 13.0 Å². The number of hydrogen-bond donors (Lipinski definition) is 1. The molecule has 0 radical (unpaired) electrons. The molecule has 1 aromatic carbocycles. The first-order chi connectivity index (χ1) is 9.70. The second kappa shape index (κ2) is 7.62. The highest BCUT2D eigenvalue weighted by Crippen LogP contribution is 2.36. The third-order valence-electron chi connectivity index (χ3n) is 2.36. The van der Waals surface area contributed by atoms with Gasteiger partial charge in [0.25, 0.3) is 0 Å². The van der Waals surface area contributed by atoms with Crippen LogP contribution in [0.3, 0.4) is 0 Å². The number of hydrogen-bond acceptors (Lipinski definition) is 5. The lowest BCUT2D eigenvalue weighted by molar-refractivity contribution is 0.0468. The maximum Gasteiger partial charge on any atom is 0.341 e. The first-order valence-electron chi connectivity index (χ1n) is 5.56. The van der Waals surface area contributed by atoms with Crippen molar-refractivity contribution in [2.24, 2.45) is 5.14 Å². The van der Waals surface area contributed by atoms with Crippen LogP contribution in [0, 0.1) is 0 Å². The van der Waals surface area contributed by atoms with Gasteiger partial charge in [-0.2, -0.15) is 0 Å². The van der Waals surface area contributed by atoms with Crippen LogP contribution in [0.5, 0.6) is 0 Å². The number of sulfonamides is 1. The Balaban J connectivity index is 3.17. The van der Waals surface area contributed by atoms with Crippen molar-refractivity contribution < 1.29 is 22.7 Å². The van der Waals surface area contributed by atoms with Crippen LogP contribution in [0.15, 0.2) is 11.0 Å². The zero-order valence-electron chi connectivity index (χ0n) is 10.9. The molecule has 6 nitrogen and oxygen atoms in total. The Bertz CT molecular complexity index is 648. The highest BCUT2D eigenvalue weighted by atomic mass is 35.5. The molecule has 0 spiro atoms. The summed E-state index contributed by atoms with van der Waals surface area (Å²) < 4.78 is 32.6. The van der Waals surface area contributed by atoms with Gasteiger partial charge in [0, 0.05) is 20.1 Å². The molecule has 0 aliphatic rings. The average molecular weight is 377 g/mol. The summed E-state index contributed by atoms with van der Waals surface area (Å²) in [7, 11) is -2.66. The molecule has 0 aliphatic carbocycles. The van der Waals surface area contributed by atoms with E-state index in [4.69, 9.17) is 49.4 Å². The number of methoxy groups -OCH3 is 1. The Kier molecular flexibility index (Phi) is 6.71. The number of nitrogens with two attached hydrogens (primary N) is 1. The van der Waals surface area contributed by atoms with Crippen molar-refractivity contribution in [1.82, 2.24) is 0 Å². The molecule has 0 saturated carbocycles. The van der Waals surface area contributed by atoms with E-state index in [1.807, 2.05) is 0 Å². The van der Waals surface area contributed by atoms with Crippen molar-refractivity contribution in [3.05, 3.63) is 26.7 Å². The van der Waals surface area contributed by atoms with Crippen molar-refractivity contribution in [2.45, 2.75) is 11.3 Å². The van der Waals surface area contributed by atoms with E-state index < -0.39 is 25.9 Å². The molecular formula is C11H12Cl3NO5S. The fourth-order valence-electron chi connectivity index (χ4n) is 1.41. The SMILES string of the molecule is COCCCOC(=O)c1c(Cl)c(Cl)cc(S(N)(=O)=O)c1Cl. The van der Waals surface area contributed by atoms with E-state index in [-0.39, 0.29) is 22.2 Å². The Morgan fingerprint density at radius 3 is 2.38 bits per heavy atom. The Morgan fingerprint density at radius 1 is 1.24 bits per heavy atom. The van der Waals surface area contributed by atoms with Crippen molar-refractivity contribution in [1.29, 1.82) is 0 Å². The standard InChI is InChI=1S/C11H12Cl3NO5S/c1-19-3-2-4-20-11(16)8-9(13)6(12)5-7(10(8)14)21(15,17)18/h5H,2-4H2,1H3,(H2,15,17,18). The summed E-state index contributed by atoms with van der Waals surface area (Å²) in [5, 5.41) is 4.20. The zero-order chi connectivity index (χ0) is 16.2. The van der Waals surface area contributed by atoms with E-state index in [1.54, 1.807) is 0 Å². The molecule has 0 amide bonds. The predicted octanol–water partition coefficient (Wildman–Crippen LogP) is 2.49. The lowest BCUT2D eigenvalue weighted by atomic mass is 10.2. The number of rotatable bonds is 6. The van der Waals surface area contributed by atoms with Crippen molar-refractivity contribution in [3.8, 4) is 0 Å². The highest BCUT2D eigenvalue weighted by molar-refractivity contribution is 7.89. The summed E-state index contributed by atoms with van der Waals surface area (Å²) in [6, 6.07) is 0.975. The van der Waals surface area contributed by atoms with Crippen molar-refractivity contribution >= 4 is 50.8 Å². The van der Waals surface area contributed by atoms with E-state index in [0.717, 1.165) is 6.07 Å². The quantitative estimate of drug-likeness (QED) is 0.467. The second-order valence-electron chi connectivity index (χ2n) is 3.89. The van der Waals surface area contributed by atoms with Gasteiger partial charge >= 0.3 is 5.97 Å². The van der Waals surface area contributed by atoms with Gasteiger partial charge in [-0.25, -0.2) is 18.4 Å². The van der Waals surface area contributed by atoms with E-state index in [2.05, 4.69) is 0 Å². The summed E-state index contributed by atoms with van der Waals surface area (Å²) in [5.74, 6) is -0.895. The van der Waals surface area contributed by atoms with Crippen LogP contribution in [0.4, 0.5) is 0 Å². The van der Waals surface area contributed by atoms with E-state index in [9.17, 15) is 13.2 Å². The minimum atomic E-state index is -4.16. The van der Waals surface area contributed by atoms with Crippen LogP contribution in [0.1, 0.15) is 16.8 Å². The van der Waals surface area contributed by atoms with Gasteiger partial charge in [0.2, 0.25) is 10.0 Å². The number of esters is 1. The van der Waals surface area contributed by atoms with Crippen molar-refractivity contribution in [2.75, 3.05) is 20.3 Å². The van der Waals surface area contributed by atoms with Gasteiger partial charge < -0.3 is 9.47 Å². The number of ether oxygens (including phenoxy) is 2. The largest absolute Gasteiger partial charge is 0.462 e. The molecule has 118 valence electrons. The summed E-state index contributed by atoms with van der Waals surface area (Å²) in [4.78, 5) is 11.5. The van der Waals surface area contributed by atoms with E-state index in [1.165, 1.54) is 7.11 Å². The normalized spacial score (nSPS) is 11.5. The molecule has 1 aromatic rings. The molecule has 0 saturated heterocycles. The molecule has 0 unspecified atom stereocenters. The minimum Gasteiger partial charge on any atom is -0.462 e. The molecular weight excluding hydrogens is 365 g/mol. The van der Waals surface area contributed by atoms with E-state index >= 15 is 0 Å². The molecule has 0 fully saturated rings. The number of carbonyl (C=O) groups is 1. The summed E-state index contributed by atoms with van der Waals surface area (Å²) in [5.41, 5.74) is -0.340. The lowest BCUT2D eigenvalue weighted by Gasteiger charge is -2.11. The van der Waals surface area contributed by atoms with Gasteiger partial charge in [0.05, 0.1) is 27.2 Å². The number of halogens is 3. The zero-order valence-corrected chi connectivity index (χ0v) is 13.9. The Labute approximate surface area is 137 Å². The summed E-state index contributed by atoms with van der Waals surface area (Å²) >= 11 is 17.5. The number of carbonyl (C=O) groups excluding carboxylic acids is 1. The monoisotopic (exact) mass is 375 g/mol. The van der Waals surface area contributed by atoms with Gasteiger partial charge in [-0.1, -0.05) is 34.8 Å². The van der Waals surface area contributed by atoms with Gasteiger partial charge in [-0.05, 0) is 6.07 Å². The summed E-state index contributed by atoms with van der Waals surface area (Å²) in [6.45, 7) is 0.448. The summed E-state index contributed by atoms with van der Waals surface area (Å²) in [6.07, 6.45) is 0.458. The first-order valence-corrected chi connectivity index (χ1v) is 8.24. The molecule has 0 heterocycles. The molecule has 0 aromatic heterocycles. The Morgan fingerprint density at radius 2 is 1.86 bits per heavy atom. The van der Waals surface area contributed by atoms with Gasteiger partial charge in [-0.3, -0.25) is 0 Å². The molecule has 10 heteroatoms. The van der Waals surface area contributed by atoms with Crippen LogP contribution >= 0.6 is 34.8 Å². The second-order valence-corrected chi connectivity index (χ2v) is 6.58. The van der Waals surface area contributed by atoms with Crippen LogP contribution < -0.4 is 5.14 Å². The molecule has 2 N–H and O–H groups in total. The number of benzene rings is 1. The molecule has 0 bridgehead atoms. The highest BCUT2D eigenvalue weighted by Gasteiger charge is 2.26. The van der Waals surface area contributed by atoms with Crippen LogP contribution in [0.25, 0.3) is 0 Å². The smallest absolute Gasteiger partial charge is 0.341 e. The molecule has 21 heavy (non-hydrogen) atoms. The topological polar surface area (TPSA) is 95.7 Å². The van der Waals surface area contributed by atoms with Crippen molar-refractivity contribution in [3.63, 3.8) is 0 Å². The maximum absolute atomic E-state index is 12.0. The number of primary sulfonamides is 1. The fraction of sp³-hybridized carbons (Fsp3) is 0.364. The van der Waals surface area contributed by atoms with Crippen LogP contribution in [-0.2, 0) is 19.5 Å². The van der Waals surface area contributed by atoms with Gasteiger partial charge in [0.1, 0.15) is 4.90 Å². The lowest BCUT2D eigenvalue weighted by Crippen LogP contribution is -2.16. The molecule has 0 aliphatic heterocycles. The third-order valence-corrected chi connectivity index (χ3v) is 4.59. The average Bonchev–Trinajstić information content (AvgIpc) is 2.38. The van der Waals surface area contributed by atoms with Crippen LogP contribution in [0.2, 0.25) is 15.1 Å². The Hall–Kier alpha value is -0.570. The van der Waals surface area contributed by atoms with Gasteiger partial charge in [0.15, 0.2) is 0 Å². The van der Waals surface area contributed by atoms with Crippen LogP contribution in [-0.4, -0.2) is 34.7 Å². The maximum atomic E-state index is 12.0. The molecule has 1 rings (SSSR count). The third kappa shape index (κ3) is 4.70. The fourth-order valence-corrected chi connectivity index (χ4v) is 3.13. The van der Waals surface area contributed by atoms with Gasteiger partial charge in [-0.15, -0.1) is 0 Å². The first kappa shape index (κ1) is 18.5. The minimum absolute atomic E-state index is 0.0521.